The summed E-state index contributed by atoms with van der Waals surface area (Å²) in [4.78, 5) is 7.39. The van der Waals surface area contributed by atoms with Crippen LogP contribution >= 0.6 is 0 Å². The number of hydrogen-bond acceptors (Lipinski definition) is 3. The van der Waals surface area contributed by atoms with E-state index in [2.05, 4.69) is 303 Å². The summed E-state index contributed by atoms with van der Waals surface area (Å²) in [5, 5.41) is 0. The Morgan fingerprint density at radius 3 is 1.41 bits per heavy atom. The van der Waals surface area contributed by atoms with Gasteiger partial charge >= 0.3 is 0 Å². The van der Waals surface area contributed by atoms with Gasteiger partial charge < -0.3 is 14.7 Å². The molecule has 9 aromatic rings. The molecular weight excluding hydrogens is 1030 g/mol. The predicted molar refractivity (Wildman–Crippen MR) is 368 cm³/mol. The summed E-state index contributed by atoms with van der Waals surface area (Å²) in [5.74, 6) is 0. The first-order chi connectivity index (χ1) is 41.1. The van der Waals surface area contributed by atoms with E-state index in [1.807, 2.05) is 12.1 Å². The minimum atomic E-state index is -2.45. The van der Waals surface area contributed by atoms with Crippen molar-refractivity contribution in [2.75, 3.05) is 14.7 Å². The molecule has 2 heterocycles. The quantitative estimate of drug-likeness (QED) is 0.154. The summed E-state index contributed by atoms with van der Waals surface area (Å²) in [7, 11) is 0. The van der Waals surface area contributed by atoms with E-state index in [-0.39, 0.29) is 44.6 Å². The largest absolute Gasteiger partial charge is 0.311 e. The van der Waals surface area contributed by atoms with Crippen LogP contribution in [0, 0.1) is 13.8 Å². The van der Waals surface area contributed by atoms with Gasteiger partial charge in [-0.2, -0.15) is 0 Å². The van der Waals surface area contributed by atoms with Gasteiger partial charge in [0.15, 0.2) is 0 Å². The van der Waals surface area contributed by atoms with E-state index >= 15 is 0 Å². The van der Waals surface area contributed by atoms with E-state index in [4.69, 9.17) is 0 Å². The van der Waals surface area contributed by atoms with Crippen molar-refractivity contribution < 1.29 is 4.11 Å². The van der Waals surface area contributed by atoms with Crippen LogP contribution in [-0.2, 0) is 37.9 Å². The molecule has 0 saturated carbocycles. The topological polar surface area (TPSA) is 9.72 Å². The molecule has 3 nitrogen and oxygen atoms in total. The van der Waals surface area contributed by atoms with Crippen molar-refractivity contribution >= 4 is 74.3 Å². The molecule has 0 spiro atoms. The monoisotopic (exact) mass is 1120 g/mol. The Kier molecular flexibility index (Phi) is 11.8. The second-order valence-electron chi connectivity index (χ2n) is 30.9. The number of fused-ring (bicyclic) bond motifs is 7. The predicted octanol–water partition coefficient (Wildman–Crippen LogP) is 20.3. The van der Waals surface area contributed by atoms with Crippen molar-refractivity contribution in [1.82, 2.24) is 0 Å². The normalized spacial score (nSPS) is 17.3. The van der Waals surface area contributed by atoms with Crippen LogP contribution in [-0.4, -0.2) is 6.71 Å². The third kappa shape index (κ3) is 8.96. The Morgan fingerprint density at radius 2 is 0.871 bits per heavy atom. The first-order valence-electron chi connectivity index (χ1n) is 32.7. The molecule has 2 aliphatic heterocycles. The van der Waals surface area contributed by atoms with Gasteiger partial charge in [-0.1, -0.05) is 215 Å². The lowest BCUT2D eigenvalue weighted by Gasteiger charge is -2.48. The third-order valence-corrected chi connectivity index (χ3v) is 20.2. The Hall–Kier alpha value is -7.56. The summed E-state index contributed by atoms with van der Waals surface area (Å²) in [6.07, 6.45) is 1.03. The number of aryl methyl sites for hydroxylation is 2. The molecule has 0 amide bonds. The number of rotatable bonds is 6. The fourth-order valence-electron chi connectivity index (χ4n) is 15.7. The van der Waals surface area contributed by atoms with Crippen LogP contribution in [0.5, 0.6) is 0 Å². The van der Waals surface area contributed by atoms with E-state index in [9.17, 15) is 4.11 Å². The number of benzene rings is 9. The van der Waals surface area contributed by atoms with Gasteiger partial charge in [-0.3, -0.25) is 0 Å². The molecule has 0 aromatic heterocycles. The molecule has 430 valence electrons. The molecule has 4 aliphatic rings. The Balaban J connectivity index is 1.19. The van der Waals surface area contributed by atoms with Gasteiger partial charge in [0.1, 0.15) is 0 Å². The Bertz CT molecular complexity index is 4240. The van der Waals surface area contributed by atoms with Crippen molar-refractivity contribution in [3.05, 3.63) is 237 Å². The van der Waals surface area contributed by atoms with Crippen LogP contribution in [0.25, 0.3) is 11.1 Å². The van der Waals surface area contributed by atoms with Gasteiger partial charge in [0.05, 0.1) is 5.69 Å². The lowest BCUT2D eigenvalue weighted by Crippen LogP contribution is -2.62. The molecule has 0 radical (unpaired) electrons. The zero-order valence-corrected chi connectivity index (χ0v) is 53.9. The molecule has 2 aliphatic carbocycles. The average Bonchev–Trinajstić information content (AvgIpc) is 0.772. The molecule has 0 saturated heterocycles. The van der Waals surface area contributed by atoms with Gasteiger partial charge in [-0.25, -0.2) is 0 Å². The molecule has 85 heavy (non-hydrogen) atoms. The van der Waals surface area contributed by atoms with Crippen molar-refractivity contribution in [2.45, 2.75) is 176 Å². The van der Waals surface area contributed by atoms with E-state index in [1.165, 1.54) is 55.5 Å². The third-order valence-electron chi connectivity index (χ3n) is 20.2. The zero-order chi connectivity index (χ0) is 63.0. The van der Waals surface area contributed by atoms with E-state index in [0.717, 1.165) is 85.2 Å². The molecule has 0 unspecified atom stereocenters. The molecule has 0 bridgehead atoms. The van der Waals surface area contributed by atoms with Crippen molar-refractivity contribution in [1.29, 1.82) is 0 Å². The van der Waals surface area contributed by atoms with Crippen LogP contribution in [0.1, 0.15) is 189 Å². The fourth-order valence-corrected chi connectivity index (χ4v) is 15.7. The molecule has 0 fully saturated rings. The summed E-state index contributed by atoms with van der Waals surface area (Å²) in [6, 6.07) is 66.5. The number of hydrogen-bond donors (Lipinski definition) is 0. The SMILES string of the molecule is [2H]C([2H])([2H])c1cc2c3c(c1)N(c1ccc(C(C)(C)C)cc1-c1ccccc1)c1cc4c(cc1B3c1cc(N(c3ccc(C(C)(C)C)cc3)c3ccc(C(C)(C)C)cc3)ccc1N2c1cc2c(cc1C)C(C)(C)CC2(C)C)C(C)(C)c1ccccc1C4(C)C. The molecule has 0 atom stereocenters. The fraction of sp³-hybridized carbons (Fsp3) is 0.333. The second-order valence-corrected chi connectivity index (χ2v) is 30.9. The first-order valence-corrected chi connectivity index (χ1v) is 31.2. The molecule has 9 aromatic carbocycles. The number of anilines is 9. The molecule has 13 rings (SSSR count). The van der Waals surface area contributed by atoms with Crippen LogP contribution in [0.3, 0.4) is 0 Å². The standard InChI is InChI=1S/C81H88BN3/c1-50-41-72-74-73(42-50)85(70-47-63-62(43-51(70)2)78(12,13)49-79(63,14)15)69-40-38-58(83(56-34-29-53(30-35-56)75(3,4)5)57-36-31-54(32-37-57)76(6,7)8)45-66(69)82(74)67-46-64-65(81(18,19)61-28-24-23-27-60(61)80(64,16)17)48-71(67)84(72)68-39-33-55(77(9,10)11)44-59(68)52-25-21-20-22-26-52/h20-48H,49H2,1-19H3/i1D3. The molecular formula is C81H88BN3. The Morgan fingerprint density at radius 1 is 0.412 bits per heavy atom. The maximum Gasteiger partial charge on any atom is 0.252 e. The lowest BCUT2D eigenvalue weighted by molar-refractivity contribution is 0.403. The maximum atomic E-state index is 9.49. The second kappa shape index (κ2) is 19.0. The highest BCUT2D eigenvalue weighted by atomic mass is 15.2. The number of nitrogens with zero attached hydrogens (tertiary/aromatic N) is 3. The lowest BCUT2D eigenvalue weighted by atomic mass is 9.33. The average molecular weight is 1120 g/mol. The molecule has 4 heteroatoms. The van der Waals surface area contributed by atoms with Crippen molar-refractivity contribution in [3.8, 4) is 11.1 Å². The smallest absolute Gasteiger partial charge is 0.252 e. The van der Waals surface area contributed by atoms with Gasteiger partial charge in [0.25, 0.3) is 6.71 Å². The van der Waals surface area contributed by atoms with Gasteiger partial charge in [0, 0.05) is 66.0 Å². The molecule has 0 N–H and O–H groups in total. The van der Waals surface area contributed by atoms with Crippen LogP contribution in [0.15, 0.2) is 176 Å². The highest BCUT2D eigenvalue weighted by Gasteiger charge is 2.50. The summed E-state index contributed by atoms with van der Waals surface area (Å²) in [6.45, 7) is 39.2. The van der Waals surface area contributed by atoms with Crippen LogP contribution in [0.4, 0.5) is 51.2 Å². The van der Waals surface area contributed by atoms with Gasteiger partial charge in [0.2, 0.25) is 0 Å². The summed E-state index contributed by atoms with van der Waals surface area (Å²) in [5.41, 5.74) is 27.0. The minimum Gasteiger partial charge on any atom is -0.311 e. The highest BCUT2D eigenvalue weighted by Crippen LogP contribution is 2.56. The van der Waals surface area contributed by atoms with E-state index in [1.54, 1.807) is 0 Å². The summed E-state index contributed by atoms with van der Waals surface area (Å²) < 4.78 is 28.5. The van der Waals surface area contributed by atoms with E-state index < -0.39 is 6.85 Å². The van der Waals surface area contributed by atoms with Crippen LogP contribution in [0.2, 0.25) is 0 Å². The van der Waals surface area contributed by atoms with Crippen molar-refractivity contribution in [3.63, 3.8) is 0 Å². The minimum absolute atomic E-state index is 0.0207. The van der Waals surface area contributed by atoms with E-state index in [0.29, 0.717) is 5.56 Å². The maximum absolute atomic E-state index is 9.49. The summed E-state index contributed by atoms with van der Waals surface area (Å²) >= 11 is 0. The van der Waals surface area contributed by atoms with Gasteiger partial charge in [-0.15, -0.1) is 0 Å². The Labute approximate surface area is 514 Å². The van der Waals surface area contributed by atoms with Crippen LogP contribution < -0.4 is 31.1 Å². The highest BCUT2D eigenvalue weighted by molar-refractivity contribution is 7.00. The first kappa shape index (κ1) is 53.0. The zero-order valence-electron chi connectivity index (χ0n) is 56.9. The van der Waals surface area contributed by atoms with Crippen molar-refractivity contribution in [2.24, 2.45) is 0 Å². The van der Waals surface area contributed by atoms with Gasteiger partial charge in [-0.05, 0) is 209 Å².